The molecule has 0 fully saturated rings. The summed E-state index contributed by atoms with van der Waals surface area (Å²) in [5.74, 6) is 0. The van der Waals surface area contributed by atoms with E-state index in [0.717, 1.165) is 72.0 Å². The molecule has 5 heteroatoms. The molecule has 0 unspecified atom stereocenters. The molecule has 0 N–H and O–H groups in total. The second-order valence-corrected chi connectivity index (χ2v) is 19.4. The number of nitrogens with zero attached hydrogens (tertiary/aromatic N) is 3. The average molecular weight is 838 g/mol. The predicted octanol–water partition coefficient (Wildman–Crippen LogP) is 17.1. The Balaban J connectivity index is 1.03. The number of imidazole rings is 1. The van der Waals surface area contributed by atoms with Crippen molar-refractivity contribution in [3.05, 3.63) is 188 Å². The minimum absolute atomic E-state index is 0.0365. The van der Waals surface area contributed by atoms with Gasteiger partial charge in [-0.2, -0.15) is 0 Å². The van der Waals surface area contributed by atoms with Crippen LogP contribution >= 0.6 is 11.8 Å². The maximum atomic E-state index is 6.37. The van der Waals surface area contributed by atoms with Gasteiger partial charge in [-0.05, 0) is 145 Å². The van der Waals surface area contributed by atoms with Crippen LogP contribution in [0.25, 0.3) is 104 Å². The number of benzene rings is 10. The van der Waals surface area contributed by atoms with E-state index in [0.29, 0.717) is 0 Å². The van der Waals surface area contributed by atoms with Crippen LogP contribution < -0.4 is 4.90 Å². The molecule has 0 spiro atoms. The lowest BCUT2D eigenvalue weighted by Crippen LogP contribution is -2.15. The first-order chi connectivity index (χ1) is 31.3. The van der Waals surface area contributed by atoms with Crippen molar-refractivity contribution < 1.29 is 4.42 Å². The number of anilines is 3. The number of hydrogen-bond acceptors (Lipinski definition) is 4. The average Bonchev–Trinajstić information content (AvgIpc) is 3.91. The van der Waals surface area contributed by atoms with Gasteiger partial charge in [0.25, 0.3) is 0 Å². The Morgan fingerprint density at radius 3 is 1.89 bits per heavy atom. The molecule has 1 aliphatic heterocycles. The highest BCUT2D eigenvalue weighted by molar-refractivity contribution is 7.99. The summed E-state index contributed by atoms with van der Waals surface area (Å²) in [6, 6.07) is 67.0. The predicted molar refractivity (Wildman–Crippen MR) is 270 cm³/mol. The van der Waals surface area contributed by atoms with Crippen molar-refractivity contribution in [2.24, 2.45) is 0 Å². The molecule has 10 aromatic carbocycles. The molecule has 0 saturated carbocycles. The normalized spacial score (nSPS) is 13.1. The Bertz CT molecular complexity index is 4170. The third kappa shape index (κ3) is 5.10. The van der Waals surface area contributed by atoms with Crippen LogP contribution in [0.3, 0.4) is 0 Å². The van der Waals surface area contributed by atoms with E-state index >= 15 is 0 Å². The Labute approximate surface area is 373 Å². The first-order valence-electron chi connectivity index (χ1n) is 22.0. The van der Waals surface area contributed by atoms with Gasteiger partial charge in [0.15, 0.2) is 0 Å². The van der Waals surface area contributed by atoms with Crippen LogP contribution in [0.1, 0.15) is 26.3 Å². The molecule has 0 radical (unpaired) electrons. The van der Waals surface area contributed by atoms with Crippen LogP contribution in [0, 0.1) is 0 Å². The highest BCUT2D eigenvalue weighted by Gasteiger charge is 2.28. The van der Waals surface area contributed by atoms with Gasteiger partial charge in [0.1, 0.15) is 16.8 Å². The van der Waals surface area contributed by atoms with E-state index in [4.69, 9.17) is 9.40 Å². The molecule has 0 atom stereocenters. The van der Waals surface area contributed by atoms with Crippen LogP contribution in [0.15, 0.2) is 196 Å². The van der Waals surface area contributed by atoms with E-state index in [1.807, 2.05) is 23.9 Å². The lowest BCUT2D eigenvalue weighted by molar-refractivity contribution is 0.591. The summed E-state index contributed by atoms with van der Waals surface area (Å²) < 4.78 is 8.70. The van der Waals surface area contributed by atoms with Crippen LogP contribution in [-0.2, 0) is 5.41 Å². The molecule has 302 valence electrons. The van der Waals surface area contributed by atoms with Crippen LogP contribution in [-0.4, -0.2) is 9.38 Å². The van der Waals surface area contributed by atoms with E-state index in [1.54, 1.807) is 0 Å². The van der Waals surface area contributed by atoms with E-state index in [9.17, 15) is 0 Å². The molecule has 0 amide bonds. The van der Waals surface area contributed by atoms with Crippen molar-refractivity contribution >= 4 is 121 Å². The number of hydrogen-bond donors (Lipinski definition) is 0. The smallest absolute Gasteiger partial charge is 0.146 e. The van der Waals surface area contributed by atoms with Gasteiger partial charge in [0, 0.05) is 37.0 Å². The Morgan fingerprint density at radius 2 is 1.05 bits per heavy atom. The zero-order valence-corrected chi connectivity index (χ0v) is 36.3. The van der Waals surface area contributed by atoms with Crippen LogP contribution in [0.2, 0.25) is 0 Å². The molecule has 0 saturated heterocycles. The number of fused-ring (bicyclic) bond motifs is 19. The van der Waals surface area contributed by atoms with Crippen molar-refractivity contribution in [1.29, 1.82) is 0 Å². The minimum atomic E-state index is 0.0365. The topological polar surface area (TPSA) is 33.7 Å². The zero-order valence-electron chi connectivity index (χ0n) is 35.5. The van der Waals surface area contributed by atoms with Crippen molar-refractivity contribution in [3.8, 4) is 11.1 Å². The van der Waals surface area contributed by atoms with Gasteiger partial charge in [0.2, 0.25) is 0 Å². The molecule has 0 aliphatic carbocycles. The number of furan rings is 1. The summed E-state index contributed by atoms with van der Waals surface area (Å²) in [4.78, 5) is 10.1. The van der Waals surface area contributed by atoms with Crippen LogP contribution in [0.4, 0.5) is 17.1 Å². The summed E-state index contributed by atoms with van der Waals surface area (Å²) in [5.41, 5.74) is 13.2. The summed E-state index contributed by atoms with van der Waals surface area (Å²) in [5, 5.41) is 13.5. The monoisotopic (exact) mass is 837 g/mol. The van der Waals surface area contributed by atoms with E-state index in [2.05, 4.69) is 200 Å². The maximum Gasteiger partial charge on any atom is 0.146 e. The molecule has 13 aromatic rings. The van der Waals surface area contributed by atoms with Gasteiger partial charge < -0.3 is 9.32 Å². The number of para-hydroxylation sites is 4. The molecule has 64 heavy (non-hydrogen) atoms. The second kappa shape index (κ2) is 13.0. The van der Waals surface area contributed by atoms with E-state index in [-0.39, 0.29) is 5.41 Å². The Hall–Kier alpha value is -7.60. The van der Waals surface area contributed by atoms with Gasteiger partial charge in [-0.3, -0.25) is 4.40 Å². The van der Waals surface area contributed by atoms with E-state index < -0.39 is 0 Å². The van der Waals surface area contributed by atoms with Crippen LogP contribution in [0.5, 0.6) is 0 Å². The fraction of sp³-hybridized carbons (Fsp3) is 0.0678. The Morgan fingerprint density at radius 1 is 0.438 bits per heavy atom. The SMILES string of the molecule is CC(C)(C)c1ccc2c(c1)c1ccccc1c1cc3c(cc21)Sc1cc(-c2ccc4c(c2)oc2ccccc24)ccc1N3c1ccc2c(c1)c1ccccc1n1c3ccccc3nc21. The second-order valence-electron chi connectivity index (χ2n) is 18.4. The fourth-order valence-corrected chi connectivity index (χ4v) is 11.6. The molecule has 0 bridgehead atoms. The van der Waals surface area contributed by atoms with Crippen molar-refractivity contribution in [2.45, 2.75) is 36.0 Å². The largest absolute Gasteiger partial charge is 0.456 e. The number of rotatable bonds is 2. The highest BCUT2D eigenvalue weighted by Crippen LogP contribution is 2.55. The lowest BCUT2D eigenvalue weighted by atomic mass is 9.84. The quantitative estimate of drug-likeness (QED) is 0.162. The number of aromatic nitrogens is 2. The van der Waals surface area contributed by atoms with Crippen molar-refractivity contribution in [3.63, 3.8) is 0 Å². The van der Waals surface area contributed by atoms with Gasteiger partial charge >= 0.3 is 0 Å². The standard InChI is InChI=1S/C59H39N3OS/c1-59(2,3)36-22-25-40-45(30-36)38-12-4-5-13-39(38)47-32-53-57(33-48(40)47)64-56-29-35(34-20-24-43-42-15-7-11-19-54(42)63-55(43)28-34)21-27-52(56)61(53)37-23-26-44-46(31-37)41-14-6-9-17-50(41)62-51-18-10-8-16-49(51)60-58(44)62/h4-33H,1-3H3. The summed E-state index contributed by atoms with van der Waals surface area (Å²) in [7, 11) is 0. The Kier molecular flexibility index (Phi) is 7.29. The summed E-state index contributed by atoms with van der Waals surface area (Å²) >= 11 is 1.87. The molecule has 3 aromatic heterocycles. The molecular weight excluding hydrogens is 799 g/mol. The van der Waals surface area contributed by atoms with Crippen molar-refractivity contribution in [1.82, 2.24) is 9.38 Å². The minimum Gasteiger partial charge on any atom is -0.456 e. The van der Waals surface area contributed by atoms with Gasteiger partial charge in [-0.15, -0.1) is 0 Å². The van der Waals surface area contributed by atoms with Gasteiger partial charge in [-0.25, -0.2) is 4.98 Å². The number of pyridine rings is 1. The first-order valence-corrected chi connectivity index (χ1v) is 22.8. The molecule has 1 aliphatic rings. The maximum absolute atomic E-state index is 6.37. The first kappa shape index (κ1) is 35.9. The highest BCUT2D eigenvalue weighted by atomic mass is 32.2. The molecule has 4 heterocycles. The zero-order chi connectivity index (χ0) is 42.4. The summed E-state index contributed by atoms with van der Waals surface area (Å²) in [6.45, 7) is 6.90. The third-order valence-electron chi connectivity index (χ3n) is 13.7. The summed E-state index contributed by atoms with van der Waals surface area (Å²) in [6.07, 6.45) is 0. The fourth-order valence-electron chi connectivity index (χ4n) is 10.5. The van der Waals surface area contributed by atoms with Crippen molar-refractivity contribution in [2.75, 3.05) is 4.90 Å². The third-order valence-corrected chi connectivity index (χ3v) is 14.7. The molecule has 4 nitrogen and oxygen atoms in total. The van der Waals surface area contributed by atoms with E-state index in [1.165, 1.54) is 64.1 Å². The molecular formula is C59H39N3OS. The van der Waals surface area contributed by atoms with Gasteiger partial charge in [-0.1, -0.05) is 130 Å². The lowest BCUT2D eigenvalue weighted by Gasteiger charge is -2.34. The van der Waals surface area contributed by atoms with Gasteiger partial charge in [0.05, 0.1) is 27.9 Å². The molecule has 14 rings (SSSR count).